The molecule has 1 heterocycles. The third-order valence-corrected chi connectivity index (χ3v) is 6.32. The number of rotatable bonds is 2. The van der Waals surface area contributed by atoms with Crippen LogP contribution in [0.4, 0.5) is 0 Å². The summed E-state index contributed by atoms with van der Waals surface area (Å²) in [6.07, 6.45) is 1.38. The van der Waals surface area contributed by atoms with Crippen LogP contribution in [0.25, 0.3) is 0 Å². The van der Waals surface area contributed by atoms with Gasteiger partial charge >= 0.3 is 0 Å². The van der Waals surface area contributed by atoms with Crippen LogP contribution in [-0.4, -0.2) is 31.5 Å². The SMILES string of the molecule is Cc1c(C(=O)C2C(=O)CCCC2=O)ccc2c1CCS2(=O)=O. The average molecular weight is 320 g/mol. The highest BCUT2D eigenvalue weighted by Gasteiger charge is 2.38. The number of carbonyl (C=O) groups excluding carboxylic acids is 3. The molecule has 0 unspecified atom stereocenters. The van der Waals surface area contributed by atoms with Gasteiger partial charge in [-0.3, -0.25) is 14.4 Å². The number of sulfone groups is 1. The fraction of sp³-hybridized carbons (Fsp3) is 0.438. The van der Waals surface area contributed by atoms with Crippen LogP contribution in [0.2, 0.25) is 0 Å². The lowest BCUT2D eigenvalue weighted by molar-refractivity contribution is -0.133. The smallest absolute Gasteiger partial charge is 0.181 e. The van der Waals surface area contributed by atoms with Crippen molar-refractivity contribution in [2.75, 3.05) is 5.75 Å². The standard InChI is InChI=1S/C16H16O5S/c1-9-10-7-8-22(20,21)14(10)6-5-11(9)16(19)15-12(17)3-2-4-13(15)18/h5-6,15H,2-4,7-8H2,1H3. The van der Waals surface area contributed by atoms with Crippen molar-refractivity contribution in [3.8, 4) is 0 Å². The highest BCUT2D eigenvalue weighted by Crippen LogP contribution is 2.32. The molecule has 0 radical (unpaired) electrons. The summed E-state index contributed by atoms with van der Waals surface area (Å²) in [7, 11) is -3.26. The van der Waals surface area contributed by atoms with Gasteiger partial charge in [0.1, 0.15) is 5.92 Å². The van der Waals surface area contributed by atoms with E-state index in [9.17, 15) is 22.8 Å². The summed E-state index contributed by atoms with van der Waals surface area (Å²) in [5.74, 6) is -2.30. The van der Waals surface area contributed by atoms with Crippen LogP contribution < -0.4 is 0 Å². The van der Waals surface area contributed by atoms with Gasteiger partial charge in [0.05, 0.1) is 10.6 Å². The molecule has 1 aliphatic heterocycles. The van der Waals surface area contributed by atoms with Crippen LogP contribution in [0.1, 0.15) is 40.7 Å². The molecule has 0 amide bonds. The number of Topliss-reactive ketones (excluding diaryl/α,β-unsaturated/α-hetero) is 3. The molecule has 0 N–H and O–H groups in total. The van der Waals surface area contributed by atoms with Crippen molar-refractivity contribution in [2.45, 2.75) is 37.5 Å². The number of hydrogen-bond acceptors (Lipinski definition) is 5. The second-order valence-corrected chi connectivity index (χ2v) is 7.94. The van der Waals surface area contributed by atoms with Crippen molar-refractivity contribution in [1.82, 2.24) is 0 Å². The molecule has 0 spiro atoms. The Kier molecular flexibility index (Phi) is 3.51. The maximum atomic E-state index is 12.6. The van der Waals surface area contributed by atoms with Gasteiger partial charge in [0.2, 0.25) is 0 Å². The molecule has 2 aliphatic rings. The Bertz CT molecular complexity index is 788. The fourth-order valence-corrected chi connectivity index (χ4v) is 4.90. The molecule has 116 valence electrons. The minimum absolute atomic E-state index is 0.0438. The molecule has 1 aromatic carbocycles. The second kappa shape index (κ2) is 5.12. The van der Waals surface area contributed by atoms with Gasteiger partial charge in [0.15, 0.2) is 27.2 Å². The van der Waals surface area contributed by atoms with Crippen LogP contribution >= 0.6 is 0 Å². The topological polar surface area (TPSA) is 85.3 Å². The lowest BCUT2D eigenvalue weighted by atomic mass is 9.80. The van der Waals surface area contributed by atoms with Gasteiger partial charge in [-0.25, -0.2) is 8.42 Å². The van der Waals surface area contributed by atoms with Crippen molar-refractivity contribution in [3.63, 3.8) is 0 Å². The predicted octanol–water partition coefficient (Wildman–Crippen LogP) is 1.45. The summed E-state index contributed by atoms with van der Waals surface area (Å²) in [6.45, 7) is 1.69. The number of carbonyl (C=O) groups is 3. The molecule has 1 aromatic rings. The largest absolute Gasteiger partial charge is 0.298 e. The van der Waals surface area contributed by atoms with E-state index >= 15 is 0 Å². The highest BCUT2D eigenvalue weighted by molar-refractivity contribution is 7.91. The molecule has 6 heteroatoms. The van der Waals surface area contributed by atoms with Gasteiger partial charge < -0.3 is 0 Å². The zero-order valence-corrected chi connectivity index (χ0v) is 13.0. The van der Waals surface area contributed by atoms with E-state index in [0.717, 1.165) is 0 Å². The van der Waals surface area contributed by atoms with Crippen molar-refractivity contribution in [2.24, 2.45) is 5.92 Å². The van der Waals surface area contributed by atoms with E-state index in [1.54, 1.807) is 6.92 Å². The highest BCUT2D eigenvalue weighted by atomic mass is 32.2. The normalized spacial score (nSPS) is 21.0. The minimum atomic E-state index is -3.26. The Morgan fingerprint density at radius 2 is 1.73 bits per heavy atom. The lowest BCUT2D eigenvalue weighted by Crippen LogP contribution is -2.35. The molecular formula is C16H16O5S. The van der Waals surface area contributed by atoms with E-state index in [2.05, 4.69) is 0 Å². The summed E-state index contributed by atoms with van der Waals surface area (Å²) >= 11 is 0. The predicted molar refractivity (Wildman–Crippen MR) is 78.6 cm³/mol. The van der Waals surface area contributed by atoms with Crippen molar-refractivity contribution >= 4 is 27.2 Å². The van der Waals surface area contributed by atoms with Crippen LogP contribution in [0.15, 0.2) is 17.0 Å². The Hall–Kier alpha value is -1.82. The third kappa shape index (κ3) is 2.22. The van der Waals surface area contributed by atoms with Gasteiger partial charge in [-0.15, -0.1) is 0 Å². The van der Waals surface area contributed by atoms with E-state index in [-0.39, 0.29) is 35.1 Å². The van der Waals surface area contributed by atoms with Crippen molar-refractivity contribution < 1.29 is 22.8 Å². The molecule has 1 fully saturated rings. The molecule has 0 saturated heterocycles. The summed E-state index contributed by atoms with van der Waals surface area (Å²) in [5.41, 5.74) is 1.51. The van der Waals surface area contributed by atoms with Gasteiger partial charge in [0.25, 0.3) is 0 Å². The Morgan fingerprint density at radius 3 is 2.36 bits per heavy atom. The fourth-order valence-electron chi connectivity index (χ4n) is 3.30. The molecule has 0 aromatic heterocycles. The summed E-state index contributed by atoms with van der Waals surface area (Å²) in [5, 5.41) is 0. The maximum Gasteiger partial charge on any atom is 0.181 e. The van der Waals surface area contributed by atoms with Gasteiger partial charge in [-0.05, 0) is 43.0 Å². The first-order chi connectivity index (χ1) is 10.3. The molecule has 5 nitrogen and oxygen atoms in total. The minimum Gasteiger partial charge on any atom is -0.298 e. The van der Waals surface area contributed by atoms with E-state index in [1.807, 2.05) is 0 Å². The zero-order chi connectivity index (χ0) is 16.1. The van der Waals surface area contributed by atoms with E-state index in [4.69, 9.17) is 0 Å². The molecule has 22 heavy (non-hydrogen) atoms. The van der Waals surface area contributed by atoms with Gasteiger partial charge in [-0.2, -0.15) is 0 Å². The third-order valence-electron chi connectivity index (χ3n) is 4.53. The van der Waals surface area contributed by atoms with Crippen molar-refractivity contribution in [3.05, 3.63) is 28.8 Å². The lowest BCUT2D eigenvalue weighted by Gasteiger charge is -2.19. The molecule has 3 rings (SSSR count). The summed E-state index contributed by atoms with van der Waals surface area (Å²) < 4.78 is 23.8. The monoisotopic (exact) mass is 320 g/mol. The molecular weight excluding hydrogens is 304 g/mol. The number of ketones is 3. The first-order valence-corrected chi connectivity index (χ1v) is 8.93. The average Bonchev–Trinajstić information content (AvgIpc) is 2.75. The molecule has 0 atom stereocenters. The summed E-state index contributed by atoms with van der Waals surface area (Å²) in [4.78, 5) is 36.7. The molecule has 1 saturated carbocycles. The van der Waals surface area contributed by atoms with Gasteiger partial charge in [0, 0.05) is 18.4 Å². The first kappa shape index (κ1) is 15.1. The van der Waals surface area contributed by atoms with Crippen LogP contribution in [0.5, 0.6) is 0 Å². The quantitative estimate of drug-likeness (QED) is 0.608. The maximum absolute atomic E-state index is 12.6. The second-order valence-electron chi connectivity index (χ2n) is 5.87. The van der Waals surface area contributed by atoms with E-state index in [0.29, 0.717) is 29.5 Å². The summed E-state index contributed by atoms with van der Waals surface area (Å²) in [6, 6.07) is 2.87. The van der Waals surface area contributed by atoms with Crippen LogP contribution in [-0.2, 0) is 25.8 Å². The number of fused-ring (bicyclic) bond motifs is 1. The molecule has 1 aliphatic carbocycles. The zero-order valence-electron chi connectivity index (χ0n) is 12.2. The Balaban J connectivity index is 2.05. The van der Waals surface area contributed by atoms with E-state index in [1.165, 1.54) is 12.1 Å². The Labute approximate surface area is 128 Å². The number of benzene rings is 1. The van der Waals surface area contributed by atoms with Gasteiger partial charge in [-0.1, -0.05) is 0 Å². The number of hydrogen-bond donors (Lipinski definition) is 0. The Morgan fingerprint density at radius 1 is 1.09 bits per heavy atom. The first-order valence-electron chi connectivity index (χ1n) is 7.28. The van der Waals surface area contributed by atoms with E-state index < -0.39 is 21.5 Å². The molecule has 0 bridgehead atoms. The van der Waals surface area contributed by atoms with Crippen molar-refractivity contribution in [1.29, 1.82) is 0 Å². The van der Waals surface area contributed by atoms with Crippen LogP contribution in [0.3, 0.4) is 0 Å². The van der Waals surface area contributed by atoms with Crippen LogP contribution in [0, 0.1) is 12.8 Å².